The summed E-state index contributed by atoms with van der Waals surface area (Å²) in [5.41, 5.74) is -0.401. The van der Waals surface area contributed by atoms with E-state index in [9.17, 15) is 22.0 Å². The van der Waals surface area contributed by atoms with Gasteiger partial charge in [0.05, 0.1) is 11.1 Å². The minimum atomic E-state index is -4.48. The molecule has 0 spiro atoms. The first-order valence-electron chi connectivity index (χ1n) is 11.8. The highest BCUT2D eigenvalue weighted by atomic mass is 19.4. The van der Waals surface area contributed by atoms with Gasteiger partial charge in [-0.05, 0) is 66.0 Å². The van der Waals surface area contributed by atoms with E-state index in [1.54, 1.807) is 0 Å². The topological polar surface area (TPSA) is 0 Å². The fraction of sp³-hybridized carbons (Fsp3) is 0.556. The second-order valence-corrected chi connectivity index (χ2v) is 9.53. The van der Waals surface area contributed by atoms with Crippen molar-refractivity contribution in [3.05, 3.63) is 59.2 Å². The first-order chi connectivity index (χ1) is 15.2. The molecule has 1 aliphatic rings. The minimum absolute atomic E-state index is 0.107. The molecule has 0 amide bonds. The first kappa shape index (κ1) is 24.7. The molecule has 1 saturated carbocycles. The monoisotopic (exact) mass is 452 g/mol. The Morgan fingerprint density at radius 2 is 1.41 bits per heavy atom. The van der Waals surface area contributed by atoms with Crippen molar-refractivity contribution in [1.82, 2.24) is 0 Å². The summed E-state index contributed by atoms with van der Waals surface area (Å²) in [6.07, 6.45) is 5.75. The lowest BCUT2D eigenvalue weighted by Gasteiger charge is -2.29. The Kier molecular flexibility index (Phi) is 8.35. The van der Waals surface area contributed by atoms with Crippen LogP contribution in [0.4, 0.5) is 22.0 Å². The number of alkyl halides is 3. The fourth-order valence-electron chi connectivity index (χ4n) is 4.78. The van der Waals surface area contributed by atoms with Gasteiger partial charge in [0.15, 0.2) is 0 Å². The third kappa shape index (κ3) is 6.55. The van der Waals surface area contributed by atoms with E-state index in [-0.39, 0.29) is 11.1 Å². The summed E-state index contributed by atoms with van der Waals surface area (Å²) >= 11 is 0. The summed E-state index contributed by atoms with van der Waals surface area (Å²) in [7, 11) is 0. The zero-order valence-corrected chi connectivity index (χ0v) is 18.9. The van der Waals surface area contributed by atoms with Crippen molar-refractivity contribution in [3.8, 4) is 11.1 Å². The van der Waals surface area contributed by atoms with Gasteiger partial charge in [-0.3, -0.25) is 0 Å². The van der Waals surface area contributed by atoms with Crippen LogP contribution < -0.4 is 0 Å². The molecule has 2 aromatic rings. The van der Waals surface area contributed by atoms with Crippen LogP contribution in [0.1, 0.15) is 76.3 Å². The van der Waals surface area contributed by atoms with Crippen LogP contribution in [-0.4, -0.2) is 0 Å². The predicted octanol–water partition coefficient (Wildman–Crippen LogP) is 9.22. The van der Waals surface area contributed by atoms with Gasteiger partial charge in [0.25, 0.3) is 0 Å². The van der Waals surface area contributed by atoms with Crippen molar-refractivity contribution in [1.29, 1.82) is 0 Å². The van der Waals surface area contributed by atoms with Crippen LogP contribution in [0, 0.1) is 29.4 Å². The van der Waals surface area contributed by atoms with E-state index >= 15 is 0 Å². The molecule has 1 aliphatic carbocycles. The molecule has 0 radical (unpaired) electrons. The van der Waals surface area contributed by atoms with Gasteiger partial charge in [-0.2, -0.15) is 13.2 Å². The van der Waals surface area contributed by atoms with Gasteiger partial charge in [0, 0.05) is 0 Å². The van der Waals surface area contributed by atoms with Crippen LogP contribution in [-0.2, 0) is 12.6 Å². The Morgan fingerprint density at radius 1 is 0.875 bits per heavy atom. The molecule has 0 N–H and O–H groups in total. The van der Waals surface area contributed by atoms with Gasteiger partial charge in [-0.15, -0.1) is 0 Å². The fourth-order valence-corrected chi connectivity index (χ4v) is 4.78. The largest absolute Gasteiger partial charge is 0.416 e. The summed E-state index contributed by atoms with van der Waals surface area (Å²) < 4.78 is 67.5. The summed E-state index contributed by atoms with van der Waals surface area (Å²) in [6.45, 7) is 4.55. The summed E-state index contributed by atoms with van der Waals surface area (Å²) in [6, 6.07) is 6.58. The first-order valence-corrected chi connectivity index (χ1v) is 11.8. The van der Waals surface area contributed by atoms with Crippen LogP contribution in [0.3, 0.4) is 0 Å². The van der Waals surface area contributed by atoms with Gasteiger partial charge < -0.3 is 0 Å². The highest BCUT2D eigenvalue weighted by molar-refractivity contribution is 5.65. The van der Waals surface area contributed by atoms with Gasteiger partial charge >= 0.3 is 6.18 Å². The molecule has 1 fully saturated rings. The van der Waals surface area contributed by atoms with Crippen molar-refractivity contribution in [2.24, 2.45) is 17.8 Å². The van der Waals surface area contributed by atoms with E-state index in [1.165, 1.54) is 57.1 Å². The maximum atomic E-state index is 14.7. The van der Waals surface area contributed by atoms with Gasteiger partial charge in [0.1, 0.15) is 11.6 Å². The number of halogens is 5. The molecule has 2 aromatic carbocycles. The van der Waals surface area contributed by atoms with E-state index in [1.807, 2.05) is 0 Å². The molecule has 1 unspecified atom stereocenters. The SMILES string of the molecule is CCC(C)CCC1CCC(CCc2cc(F)c(-c3ccc(C(F)(F)F)cc3)c(F)c2)CC1. The molecule has 0 aliphatic heterocycles. The third-order valence-electron chi connectivity index (χ3n) is 7.18. The summed E-state index contributed by atoms with van der Waals surface area (Å²) in [5, 5.41) is 0. The van der Waals surface area contributed by atoms with Gasteiger partial charge in [-0.25, -0.2) is 8.78 Å². The van der Waals surface area contributed by atoms with E-state index in [0.29, 0.717) is 17.9 Å². The van der Waals surface area contributed by atoms with Crippen molar-refractivity contribution >= 4 is 0 Å². The predicted molar refractivity (Wildman–Crippen MR) is 119 cm³/mol. The van der Waals surface area contributed by atoms with Crippen LogP contribution >= 0.6 is 0 Å². The zero-order chi connectivity index (χ0) is 23.3. The molecule has 1 atom stereocenters. The molecule has 32 heavy (non-hydrogen) atoms. The summed E-state index contributed by atoms with van der Waals surface area (Å²) in [4.78, 5) is 0. The third-order valence-corrected chi connectivity index (χ3v) is 7.18. The average molecular weight is 453 g/mol. The highest BCUT2D eigenvalue weighted by Gasteiger charge is 2.30. The smallest absolute Gasteiger partial charge is 0.206 e. The van der Waals surface area contributed by atoms with Gasteiger partial charge in [0.2, 0.25) is 0 Å². The molecular weight excluding hydrogens is 419 g/mol. The standard InChI is InChI=1S/C27H33F5/c1-3-18(2)4-5-19-6-8-20(9-7-19)10-11-21-16-24(28)26(25(29)17-21)22-12-14-23(15-13-22)27(30,31)32/h12-20H,3-11H2,1-2H3. The molecule has 0 saturated heterocycles. The zero-order valence-electron chi connectivity index (χ0n) is 18.9. The van der Waals surface area contributed by atoms with Crippen molar-refractivity contribution in [2.75, 3.05) is 0 Å². The van der Waals surface area contributed by atoms with Crippen molar-refractivity contribution in [3.63, 3.8) is 0 Å². The van der Waals surface area contributed by atoms with E-state index in [4.69, 9.17) is 0 Å². The van der Waals surface area contributed by atoms with Crippen LogP contribution in [0.5, 0.6) is 0 Å². The normalized spacial score (nSPS) is 20.3. The quantitative estimate of drug-likeness (QED) is 0.350. The van der Waals surface area contributed by atoms with Crippen molar-refractivity contribution < 1.29 is 22.0 Å². The van der Waals surface area contributed by atoms with Crippen LogP contribution in [0.15, 0.2) is 36.4 Å². The average Bonchev–Trinajstić information content (AvgIpc) is 2.76. The number of hydrogen-bond donors (Lipinski definition) is 0. The van der Waals surface area contributed by atoms with Crippen molar-refractivity contribution in [2.45, 2.75) is 77.8 Å². The Bertz CT molecular complexity index is 838. The maximum absolute atomic E-state index is 14.7. The Hall–Kier alpha value is -1.91. The molecule has 5 heteroatoms. The maximum Gasteiger partial charge on any atom is 0.416 e. The second kappa shape index (κ2) is 10.8. The lowest BCUT2D eigenvalue weighted by molar-refractivity contribution is -0.137. The Balaban J connectivity index is 1.56. The van der Waals surface area contributed by atoms with E-state index < -0.39 is 23.4 Å². The van der Waals surface area contributed by atoms with Gasteiger partial charge in [-0.1, -0.05) is 70.9 Å². The molecule has 176 valence electrons. The number of aryl methyl sites for hydroxylation is 1. The van der Waals surface area contributed by atoms with Crippen LogP contribution in [0.25, 0.3) is 11.1 Å². The lowest BCUT2D eigenvalue weighted by Crippen LogP contribution is -2.16. The van der Waals surface area contributed by atoms with Crippen LogP contribution in [0.2, 0.25) is 0 Å². The van der Waals surface area contributed by atoms with E-state index in [2.05, 4.69) is 13.8 Å². The molecule has 0 aromatic heterocycles. The number of hydrogen-bond acceptors (Lipinski definition) is 0. The minimum Gasteiger partial charge on any atom is -0.206 e. The summed E-state index contributed by atoms with van der Waals surface area (Å²) in [5.74, 6) is 0.749. The Labute approximate surface area is 188 Å². The molecular formula is C27H33F5. The number of rotatable bonds is 8. The van der Waals surface area contributed by atoms with E-state index in [0.717, 1.165) is 42.5 Å². The second-order valence-electron chi connectivity index (χ2n) is 9.53. The number of benzene rings is 2. The molecule has 0 bridgehead atoms. The Morgan fingerprint density at radius 3 is 1.91 bits per heavy atom. The highest BCUT2D eigenvalue weighted by Crippen LogP contribution is 2.36. The lowest BCUT2D eigenvalue weighted by atomic mass is 9.77. The molecule has 0 nitrogen and oxygen atoms in total. The molecule has 3 rings (SSSR count). The molecule has 0 heterocycles.